The van der Waals surface area contributed by atoms with E-state index in [1.54, 1.807) is 19.2 Å². The maximum absolute atomic E-state index is 12.1. The predicted molar refractivity (Wildman–Crippen MR) is 99.4 cm³/mol. The molecule has 0 heterocycles. The molecule has 128 valence electrons. The summed E-state index contributed by atoms with van der Waals surface area (Å²) in [6.45, 7) is 2.77. The van der Waals surface area contributed by atoms with E-state index in [0.29, 0.717) is 23.0 Å². The zero-order chi connectivity index (χ0) is 17.5. The molecule has 0 saturated heterocycles. The van der Waals surface area contributed by atoms with Gasteiger partial charge in [0.1, 0.15) is 5.75 Å². The molecule has 0 atom stereocenters. The summed E-state index contributed by atoms with van der Waals surface area (Å²) in [6, 6.07) is 11.2. The van der Waals surface area contributed by atoms with Crippen LogP contribution < -0.4 is 15.4 Å². The molecular weight excluding hydrogens is 347 g/mol. The van der Waals surface area contributed by atoms with Crippen LogP contribution in [0.1, 0.15) is 11.1 Å². The number of anilines is 1. The number of hydrogen-bond acceptors (Lipinski definition) is 3. The van der Waals surface area contributed by atoms with Crippen LogP contribution in [0.25, 0.3) is 0 Å². The lowest BCUT2D eigenvalue weighted by molar-refractivity contribution is -0.115. The minimum Gasteiger partial charge on any atom is -0.495 e. The van der Waals surface area contributed by atoms with E-state index < -0.39 is 0 Å². The predicted octanol–water partition coefficient (Wildman–Crippen LogP) is 4.08. The molecule has 0 aliphatic carbocycles. The van der Waals surface area contributed by atoms with E-state index in [4.69, 9.17) is 27.9 Å². The molecule has 1 amide bonds. The number of aryl methyl sites for hydroxylation is 1. The Balaban J connectivity index is 1.82. The summed E-state index contributed by atoms with van der Waals surface area (Å²) >= 11 is 12.0. The third-order valence-electron chi connectivity index (χ3n) is 3.52. The second kappa shape index (κ2) is 8.92. The molecule has 2 aromatic carbocycles. The fourth-order valence-corrected chi connectivity index (χ4v) is 2.62. The highest BCUT2D eigenvalue weighted by Gasteiger charge is 2.10. The number of amides is 1. The molecule has 0 aromatic heterocycles. The Kier molecular flexibility index (Phi) is 6.91. The molecule has 2 N–H and O–H groups in total. The van der Waals surface area contributed by atoms with Crippen molar-refractivity contribution in [1.29, 1.82) is 0 Å². The van der Waals surface area contributed by atoms with E-state index in [0.717, 1.165) is 22.6 Å². The summed E-state index contributed by atoms with van der Waals surface area (Å²) in [4.78, 5) is 12.1. The highest BCUT2D eigenvalue weighted by Crippen LogP contribution is 2.30. The number of ether oxygens (including phenoxy) is 1. The molecular formula is C18H20Cl2N2O2. The van der Waals surface area contributed by atoms with Gasteiger partial charge in [0.15, 0.2) is 0 Å². The van der Waals surface area contributed by atoms with Crippen LogP contribution >= 0.6 is 23.2 Å². The van der Waals surface area contributed by atoms with Crippen molar-refractivity contribution in [3.8, 4) is 5.75 Å². The quantitative estimate of drug-likeness (QED) is 0.725. The van der Waals surface area contributed by atoms with Gasteiger partial charge in [-0.3, -0.25) is 4.79 Å². The minimum absolute atomic E-state index is 0.138. The van der Waals surface area contributed by atoms with Gasteiger partial charge in [0.25, 0.3) is 0 Å². The van der Waals surface area contributed by atoms with Crippen LogP contribution in [-0.4, -0.2) is 26.1 Å². The van der Waals surface area contributed by atoms with Gasteiger partial charge in [-0.25, -0.2) is 0 Å². The third-order valence-corrected chi connectivity index (χ3v) is 4.16. The first-order chi connectivity index (χ1) is 11.5. The van der Waals surface area contributed by atoms with Crippen LogP contribution in [-0.2, 0) is 11.2 Å². The number of hydrogen-bond donors (Lipinski definition) is 2. The van der Waals surface area contributed by atoms with Gasteiger partial charge in [-0.2, -0.15) is 0 Å². The van der Waals surface area contributed by atoms with Gasteiger partial charge < -0.3 is 15.4 Å². The molecule has 0 unspecified atom stereocenters. The first-order valence-corrected chi connectivity index (χ1v) is 8.34. The SMILES string of the molecule is COc1cc(Cl)c(C)cc1NC(=O)CNCCc1cccc(Cl)c1. The van der Waals surface area contributed by atoms with Crippen LogP contribution in [0.4, 0.5) is 5.69 Å². The van der Waals surface area contributed by atoms with Crippen LogP contribution in [0.2, 0.25) is 10.0 Å². The van der Waals surface area contributed by atoms with Gasteiger partial charge in [-0.05, 0) is 49.2 Å². The highest BCUT2D eigenvalue weighted by atomic mass is 35.5. The van der Waals surface area contributed by atoms with E-state index in [-0.39, 0.29) is 12.5 Å². The van der Waals surface area contributed by atoms with Crippen molar-refractivity contribution in [2.45, 2.75) is 13.3 Å². The van der Waals surface area contributed by atoms with Crippen molar-refractivity contribution < 1.29 is 9.53 Å². The van der Waals surface area contributed by atoms with E-state index in [1.807, 2.05) is 31.2 Å². The van der Waals surface area contributed by atoms with E-state index in [2.05, 4.69) is 10.6 Å². The number of benzene rings is 2. The second-order valence-corrected chi connectivity index (χ2v) is 6.25. The minimum atomic E-state index is -0.138. The van der Waals surface area contributed by atoms with E-state index in [9.17, 15) is 4.79 Å². The molecule has 24 heavy (non-hydrogen) atoms. The number of methoxy groups -OCH3 is 1. The summed E-state index contributed by atoms with van der Waals surface area (Å²) in [5.41, 5.74) is 2.62. The first-order valence-electron chi connectivity index (χ1n) is 7.58. The zero-order valence-corrected chi connectivity index (χ0v) is 15.2. The van der Waals surface area contributed by atoms with Crippen molar-refractivity contribution >= 4 is 34.8 Å². The maximum atomic E-state index is 12.1. The molecule has 0 radical (unpaired) electrons. The van der Waals surface area contributed by atoms with Gasteiger partial charge >= 0.3 is 0 Å². The Morgan fingerprint density at radius 1 is 1.21 bits per heavy atom. The molecule has 2 rings (SSSR count). The van der Waals surface area contributed by atoms with E-state index >= 15 is 0 Å². The first kappa shape index (κ1) is 18.6. The number of nitrogens with one attached hydrogen (secondary N) is 2. The smallest absolute Gasteiger partial charge is 0.238 e. The lowest BCUT2D eigenvalue weighted by atomic mass is 10.1. The Labute approximate surface area is 152 Å². The van der Waals surface area contributed by atoms with Gasteiger partial charge in [-0.1, -0.05) is 35.3 Å². The number of rotatable bonds is 7. The van der Waals surface area contributed by atoms with Crippen molar-refractivity contribution in [3.63, 3.8) is 0 Å². The van der Waals surface area contributed by atoms with Crippen molar-refractivity contribution in [1.82, 2.24) is 5.32 Å². The molecule has 0 fully saturated rings. The van der Waals surface area contributed by atoms with Crippen molar-refractivity contribution in [2.75, 3.05) is 25.5 Å². The molecule has 0 aliphatic heterocycles. The average molecular weight is 367 g/mol. The van der Waals surface area contributed by atoms with Crippen LogP contribution in [0.3, 0.4) is 0 Å². The molecule has 6 heteroatoms. The lowest BCUT2D eigenvalue weighted by Crippen LogP contribution is -2.29. The Morgan fingerprint density at radius 2 is 2.00 bits per heavy atom. The number of halogens is 2. The standard InChI is InChI=1S/C18H20Cl2N2O2/c1-12-8-16(17(24-2)10-15(12)20)22-18(23)11-21-7-6-13-4-3-5-14(19)9-13/h3-5,8-10,21H,6-7,11H2,1-2H3,(H,22,23). The molecule has 0 bridgehead atoms. The summed E-state index contributed by atoms with van der Waals surface area (Å²) in [7, 11) is 1.54. The summed E-state index contributed by atoms with van der Waals surface area (Å²) in [5, 5.41) is 7.27. The summed E-state index contributed by atoms with van der Waals surface area (Å²) < 4.78 is 5.24. The molecule has 0 saturated carbocycles. The molecule has 0 aliphatic rings. The van der Waals surface area contributed by atoms with E-state index in [1.165, 1.54) is 0 Å². The molecule has 2 aromatic rings. The van der Waals surface area contributed by atoms with Crippen molar-refractivity contribution in [3.05, 3.63) is 57.6 Å². The Bertz CT molecular complexity index is 720. The normalized spacial score (nSPS) is 10.5. The number of carbonyl (C=O) groups excluding carboxylic acids is 1. The monoisotopic (exact) mass is 366 g/mol. The lowest BCUT2D eigenvalue weighted by Gasteiger charge is -2.12. The van der Waals surface area contributed by atoms with Crippen molar-refractivity contribution in [2.24, 2.45) is 0 Å². The molecule has 4 nitrogen and oxygen atoms in total. The second-order valence-electron chi connectivity index (χ2n) is 5.41. The van der Waals surface area contributed by atoms with Crippen LogP contribution in [0.15, 0.2) is 36.4 Å². The Hall–Kier alpha value is -1.75. The maximum Gasteiger partial charge on any atom is 0.238 e. The summed E-state index contributed by atoms with van der Waals surface area (Å²) in [6.07, 6.45) is 0.803. The average Bonchev–Trinajstić information content (AvgIpc) is 2.55. The fourth-order valence-electron chi connectivity index (χ4n) is 2.25. The largest absolute Gasteiger partial charge is 0.495 e. The summed E-state index contributed by atoms with van der Waals surface area (Å²) in [5.74, 6) is 0.402. The van der Waals surface area contributed by atoms with Crippen LogP contribution in [0, 0.1) is 6.92 Å². The van der Waals surface area contributed by atoms with Gasteiger partial charge in [0, 0.05) is 16.1 Å². The third kappa shape index (κ3) is 5.41. The van der Waals surface area contributed by atoms with Gasteiger partial charge in [0.05, 0.1) is 19.3 Å². The highest BCUT2D eigenvalue weighted by molar-refractivity contribution is 6.31. The van der Waals surface area contributed by atoms with Crippen LogP contribution in [0.5, 0.6) is 5.75 Å². The van der Waals surface area contributed by atoms with Gasteiger partial charge in [-0.15, -0.1) is 0 Å². The zero-order valence-electron chi connectivity index (χ0n) is 13.7. The topological polar surface area (TPSA) is 50.4 Å². The fraction of sp³-hybridized carbons (Fsp3) is 0.278. The Morgan fingerprint density at radius 3 is 2.71 bits per heavy atom. The van der Waals surface area contributed by atoms with Gasteiger partial charge in [0.2, 0.25) is 5.91 Å². The number of carbonyl (C=O) groups is 1. The molecule has 0 spiro atoms.